The van der Waals surface area contributed by atoms with Gasteiger partial charge in [-0.2, -0.15) is 0 Å². The van der Waals surface area contributed by atoms with E-state index in [9.17, 15) is 19.5 Å². The minimum Gasteiger partial charge on any atom is -0.545 e. The van der Waals surface area contributed by atoms with Gasteiger partial charge in [-0.15, -0.1) is 0 Å². The molecule has 2 atom stereocenters. The summed E-state index contributed by atoms with van der Waals surface area (Å²) in [6.07, 6.45) is 107. The van der Waals surface area contributed by atoms with Crippen LogP contribution in [-0.2, 0) is 33.3 Å². The summed E-state index contributed by atoms with van der Waals surface area (Å²) < 4.78 is 22.8. The fraction of sp³-hybridized carbons (Fsp3) is 0.686. The molecule has 0 N–H and O–H groups in total. The van der Waals surface area contributed by atoms with Crippen LogP contribution in [0.25, 0.3) is 0 Å². The Morgan fingerprint density at radius 2 is 0.600 bits per heavy atom. The van der Waals surface area contributed by atoms with Crippen molar-refractivity contribution in [3.8, 4) is 0 Å². The number of ether oxygens (including phenoxy) is 4. The van der Waals surface area contributed by atoms with Gasteiger partial charge in [0.15, 0.2) is 12.4 Å². The van der Waals surface area contributed by atoms with Gasteiger partial charge in [0.1, 0.15) is 13.2 Å². The first-order valence-corrected chi connectivity index (χ1v) is 39.0. The molecule has 0 radical (unpaired) electrons. The van der Waals surface area contributed by atoms with Crippen molar-refractivity contribution in [3.05, 3.63) is 146 Å². The number of carbonyl (C=O) groups excluding carboxylic acids is 3. The van der Waals surface area contributed by atoms with Gasteiger partial charge in [0.2, 0.25) is 0 Å². The molecule has 0 saturated carbocycles. The molecule has 0 fully saturated rings. The molecular formula is C86H145NO8. The zero-order chi connectivity index (χ0) is 69.0. The first kappa shape index (κ1) is 90.2. The van der Waals surface area contributed by atoms with Crippen molar-refractivity contribution < 1.29 is 42.9 Å². The van der Waals surface area contributed by atoms with Crippen LogP contribution in [0.2, 0.25) is 0 Å². The Balaban J connectivity index is 4.10. The van der Waals surface area contributed by atoms with Gasteiger partial charge >= 0.3 is 11.9 Å². The van der Waals surface area contributed by atoms with E-state index in [1.165, 1.54) is 180 Å². The molecule has 0 amide bonds. The maximum absolute atomic E-state index is 12.9. The molecule has 0 heterocycles. The SMILES string of the molecule is CC/C=C\C/C=C\C/C=C\C/C=C\C/C=C\C/C=C\C/C=C\C/C=C\C/C=C\CCCCCC(=O)OC(COC(=O)CCCCCCCCCCCCCCCCCCCCCCCCCC/C=C\C/C=C\C/C=C\CCCCCCC)COC(OCC[N+](C)(C)C)C(=O)[O-]. The Morgan fingerprint density at radius 3 is 0.905 bits per heavy atom. The van der Waals surface area contributed by atoms with Crippen molar-refractivity contribution in [1.29, 1.82) is 0 Å². The maximum atomic E-state index is 12.9. The van der Waals surface area contributed by atoms with E-state index in [0.29, 0.717) is 17.4 Å². The Bertz CT molecular complexity index is 2080. The third kappa shape index (κ3) is 76.4. The zero-order valence-electron chi connectivity index (χ0n) is 62.0. The fourth-order valence-electron chi connectivity index (χ4n) is 10.7. The lowest BCUT2D eigenvalue weighted by molar-refractivity contribution is -0.870. The first-order valence-electron chi connectivity index (χ1n) is 39.0. The van der Waals surface area contributed by atoms with E-state index in [4.69, 9.17) is 18.9 Å². The molecule has 0 spiro atoms. The van der Waals surface area contributed by atoms with Crippen LogP contribution >= 0.6 is 0 Å². The molecular weight excluding hydrogens is 1170 g/mol. The minimum absolute atomic E-state index is 0.135. The summed E-state index contributed by atoms with van der Waals surface area (Å²) in [7, 11) is 5.92. The fourth-order valence-corrected chi connectivity index (χ4v) is 10.7. The van der Waals surface area contributed by atoms with Crippen molar-refractivity contribution in [3.63, 3.8) is 0 Å². The molecule has 0 saturated heterocycles. The lowest BCUT2D eigenvalue weighted by atomic mass is 10.0. The number of carboxylic acids is 1. The van der Waals surface area contributed by atoms with Gasteiger partial charge < -0.3 is 33.3 Å². The van der Waals surface area contributed by atoms with Crippen molar-refractivity contribution in [2.45, 2.75) is 334 Å². The summed E-state index contributed by atoms with van der Waals surface area (Å²) in [5, 5.41) is 11.8. The number of nitrogens with zero attached hydrogens (tertiary/aromatic N) is 1. The average molecular weight is 1320 g/mol. The second kappa shape index (κ2) is 75.0. The summed E-state index contributed by atoms with van der Waals surface area (Å²) in [5.41, 5.74) is 0. The Labute approximate surface area is 585 Å². The molecule has 0 rings (SSSR count). The van der Waals surface area contributed by atoms with Crippen LogP contribution in [0, 0.1) is 0 Å². The van der Waals surface area contributed by atoms with Gasteiger partial charge in [-0.3, -0.25) is 9.59 Å². The van der Waals surface area contributed by atoms with Crippen LogP contribution in [-0.4, -0.2) is 82.3 Å². The van der Waals surface area contributed by atoms with Crippen molar-refractivity contribution in [2.24, 2.45) is 0 Å². The molecule has 0 aromatic heterocycles. The van der Waals surface area contributed by atoms with Gasteiger partial charge in [-0.05, 0) is 122 Å². The van der Waals surface area contributed by atoms with Gasteiger partial charge in [0.05, 0.1) is 40.3 Å². The van der Waals surface area contributed by atoms with Crippen LogP contribution in [0.15, 0.2) is 146 Å². The van der Waals surface area contributed by atoms with E-state index in [2.05, 4.69) is 160 Å². The molecule has 9 heteroatoms. The predicted octanol–water partition coefficient (Wildman–Crippen LogP) is 23.7. The molecule has 0 aliphatic carbocycles. The molecule has 0 bridgehead atoms. The molecule has 0 aromatic rings. The first-order chi connectivity index (χ1) is 46.6. The summed E-state index contributed by atoms with van der Waals surface area (Å²) in [5.74, 6) is -2.33. The van der Waals surface area contributed by atoms with Crippen LogP contribution in [0.1, 0.15) is 322 Å². The van der Waals surface area contributed by atoms with Crippen LogP contribution in [0.5, 0.6) is 0 Å². The number of hydrogen-bond acceptors (Lipinski definition) is 8. The number of carbonyl (C=O) groups is 3. The quantitative estimate of drug-likeness (QED) is 0.0195. The highest BCUT2D eigenvalue weighted by atomic mass is 16.7. The normalized spacial score (nSPS) is 13.5. The predicted molar refractivity (Wildman–Crippen MR) is 407 cm³/mol. The number of esters is 2. The molecule has 542 valence electrons. The highest BCUT2D eigenvalue weighted by Crippen LogP contribution is 2.18. The van der Waals surface area contributed by atoms with E-state index in [-0.39, 0.29) is 38.6 Å². The van der Waals surface area contributed by atoms with Gasteiger partial charge in [0.25, 0.3) is 0 Å². The number of carboxylic acid groups (broad SMARTS) is 1. The van der Waals surface area contributed by atoms with E-state index >= 15 is 0 Å². The maximum Gasteiger partial charge on any atom is 0.306 e. The average Bonchev–Trinajstić information content (AvgIpc) is 3.24. The second-order valence-electron chi connectivity index (χ2n) is 26.9. The number of allylic oxidation sites excluding steroid dienone is 24. The van der Waals surface area contributed by atoms with Crippen LogP contribution in [0.4, 0.5) is 0 Å². The molecule has 95 heavy (non-hydrogen) atoms. The van der Waals surface area contributed by atoms with Crippen molar-refractivity contribution in [1.82, 2.24) is 0 Å². The topological polar surface area (TPSA) is 111 Å². The minimum atomic E-state index is -1.64. The number of likely N-dealkylation sites (N-methyl/N-ethyl adjacent to an activating group) is 1. The summed E-state index contributed by atoms with van der Waals surface area (Å²) in [6, 6.07) is 0. The molecule has 9 nitrogen and oxygen atoms in total. The number of hydrogen-bond donors (Lipinski definition) is 0. The second-order valence-corrected chi connectivity index (χ2v) is 26.9. The van der Waals surface area contributed by atoms with Crippen LogP contribution in [0.3, 0.4) is 0 Å². The van der Waals surface area contributed by atoms with Gasteiger partial charge in [-0.1, -0.05) is 333 Å². The Hall–Kier alpha value is -4.83. The van der Waals surface area contributed by atoms with Crippen molar-refractivity contribution in [2.75, 3.05) is 47.5 Å². The number of quaternary nitrogens is 1. The molecule has 0 aliphatic heterocycles. The monoisotopic (exact) mass is 1320 g/mol. The third-order valence-corrected chi connectivity index (χ3v) is 16.6. The standard InChI is InChI=1S/C86H145NO8/c1-6-8-10-12-14-16-18-20-22-24-26-28-30-32-34-36-38-39-40-41-42-43-44-45-47-48-50-52-54-56-58-60-62-64-66-68-70-72-74-76-83(88)93-80-82(81-94-86(85(90)91)92-79-78-87(3,4)5)95-84(89)77-75-73-71-69-67-65-63-61-59-57-55-53-51-49-46-37-35-33-31-29-27-25-23-21-19-17-15-13-11-9-7-2/h9,11,15,17-18,20-21,23-24,26-27,29-30,32-33,35,46,49,53,55,59,61,65,67,82,86H,6-8,10,12-14,16,19,22,25,28,31,34,36-45,47-48,50-52,54,56-58,60,62-64,66,68-81H2,1-5H3/b11-9-,17-15-,20-18-,23-21-,26-24-,29-27-,32-30-,35-33-,49-46-,55-53-,61-59-,67-65-. The number of rotatable bonds is 71. The van der Waals surface area contributed by atoms with E-state index in [1.807, 2.05) is 21.1 Å². The van der Waals surface area contributed by atoms with E-state index in [0.717, 1.165) is 109 Å². The lowest BCUT2D eigenvalue weighted by Gasteiger charge is -2.26. The van der Waals surface area contributed by atoms with E-state index < -0.39 is 24.3 Å². The molecule has 2 unspecified atom stereocenters. The lowest BCUT2D eigenvalue weighted by Crippen LogP contribution is -2.44. The van der Waals surface area contributed by atoms with E-state index in [1.54, 1.807) is 0 Å². The third-order valence-electron chi connectivity index (χ3n) is 16.6. The number of aliphatic carboxylic acids is 1. The van der Waals surface area contributed by atoms with Crippen LogP contribution < -0.4 is 5.11 Å². The number of unbranched alkanes of at least 4 members (excludes halogenated alkanes) is 32. The van der Waals surface area contributed by atoms with Gasteiger partial charge in [0, 0.05) is 12.8 Å². The summed E-state index contributed by atoms with van der Waals surface area (Å²) in [4.78, 5) is 37.6. The van der Waals surface area contributed by atoms with Crippen molar-refractivity contribution >= 4 is 17.9 Å². The molecule has 0 aromatic carbocycles. The highest BCUT2D eigenvalue weighted by Gasteiger charge is 2.22. The summed E-state index contributed by atoms with van der Waals surface area (Å²) in [6.45, 7) is 4.60. The Kier molecular flexibility index (Phi) is 71.1. The zero-order valence-corrected chi connectivity index (χ0v) is 62.0. The highest BCUT2D eigenvalue weighted by molar-refractivity contribution is 5.70. The molecule has 0 aliphatic rings. The summed E-state index contributed by atoms with van der Waals surface area (Å²) >= 11 is 0. The smallest absolute Gasteiger partial charge is 0.306 e. The largest absolute Gasteiger partial charge is 0.545 e. The van der Waals surface area contributed by atoms with Gasteiger partial charge in [-0.25, -0.2) is 0 Å². The Morgan fingerprint density at radius 1 is 0.326 bits per heavy atom.